The van der Waals surface area contributed by atoms with Gasteiger partial charge in [-0.15, -0.1) is 0 Å². The highest BCUT2D eigenvalue weighted by Crippen LogP contribution is 2.24. The van der Waals surface area contributed by atoms with E-state index in [1.54, 1.807) is 24.3 Å². The molecule has 1 atom stereocenters. The highest BCUT2D eigenvalue weighted by Gasteiger charge is 2.42. The van der Waals surface area contributed by atoms with Crippen molar-refractivity contribution in [3.63, 3.8) is 0 Å². The van der Waals surface area contributed by atoms with Crippen LogP contribution < -0.4 is 21.3 Å². The van der Waals surface area contributed by atoms with E-state index < -0.39 is 48.9 Å². The summed E-state index contributed by atoms with van der Waals surface area (Å²) < 4.78 is 41.6. The normalized spacial score (nSPS) is 11.6. The quantitative estimate of drug-likeness (QED) is 0.115. The van der Waals surface area contributed by atoms with Crippen molar-refractivity contribution in [1.29, 1.82) is 0 Å². The largest absolute Gasteiger partial charge is 0.491 e. The SMILES string of the molecule is Cc1ccc(CNC(=O)NCCCCC(=O)NCC(=O)NC(CC(=O)OC(=O)C(F)(F)F)c2ccc(-c3ccccc3)cc2)cc1. The first-order valence-corrected chi connectivity index (χ1v) is 14.5. The van der Waals surface area contributed by atoms with Gasteiger partial charge in [0.15, 0.2) is 0 Å². The topological polar surface area (TPSA) is 143 Å². The summed E-state index contributed by atoms with van der Waals surface area (Å²) in [6, 6.07) is 22.1. The summed E-state index contributed by atoms with van der Waals surface area (Å²) in [7, 11) is 0. The Labute approximate surface area is 264 Å². The highest BCUT2D eigenvalue weighted by atomic mass is 19.4. The molecule has 0 fully saturated rings. The van der Waals surface area contributed by atoms with Crippen LogP contribution in [-0.4, -0.2) is 49.0 Å². The molecule has 0 bridgehead atoms. The second-order valence-corrected chi connectivity index (χ2v) is 10.4. The molecule has 10 nitrogen and oxygen atoms in total. The molecule has 3 aromatic rings. The average molecular weight is 641 g/mol. The van der Waals surface area contributed by atoms with E-state index in [1.807, 2.05) is 61.5 Å². The second kappa shape index (κ2) is 17.3. The van der Waals surface area contributed by atoms with Crippen LogP contribution in [0.3, 0.4) is 0 Å². The smallest absolute Gasteiger partial charge is 0.386 e. The van der Waals surface area contributed by atoms with E-state index in [-0.39, 0.29) is 12.5 Å². The predicted molar refractivity (Wildman–Crippen MR) is 163 cm³/mol. The first-order chi connectivity index (χ1) is 21.9. The Balaban J connectivity index is 1.44. The number of carbonyl (C=O) groups excluding carboxylic acids is 5. The number of ether oxygens (including phenoxy) is 1. The van der Waals surface area contributed by atoms with E-state index in [1.165, 1.54) is 0 Å². The van der Waals surface area contributed by atoms with Gasteiger partial charge in [0, 0.05) is 19.5 Å². The molecule has 3 aromatic carbocycles. The summed E-state index contributed by atoms with van der Waals surface area (Å²) in [6.07, 6.45) is -5.10. The van der Waals surface area contributed by atoms with Crippen molar-refractivity contribution in [2.45, 2.75) is 51.4 Å². The van der Waals surface area contributed by atoms with Gasteiger partial charge in [-0.25, -0.2) is 9.59 Å². The Morgan fingerprint density at radius 3 is 2.07 bits per heavy atom. The minimum absolute atomic E-state index is 0.0796. The van der Waals surface area contributed by atoms with Gasteiger partial charge in [0.1, 0.15) is 0 Å². The fraction of sp³-hybridized carbons (Fsp3) is 0.303. The predicted octanol–water partition coefficient (Wildman–Crippen LogP) is 4.63. The molecule has 46 heavy (non-hydrogen) atoms. The van der Waals surface area contributed by atoms with Crippen LogP contribution in [0, 0.1) is 6.92 Å². The van der Waals surface area contributed by atoms with Crippen molar-refractivity contribution in [2.75, 3.05) is 13.1 Å². The minimum Gasteiger partial charge on any atom is -0.386 e. The molecule has 0 heterocycles. The third kappa shape index (κ3) is 12.4. The van der Waals surface area contributed by atoms with Crippen LogP contribution in [0.4, 0.5) is 18.0 Å². The molecule has 0 aliphatic carbocycles. The molecule has 4 amide bonds. The second-order valence-electron chi connectivity index (χ2n) is 10.4. The molecule has 1 unspecified atom stereocenters. The summed E-state index contributed by atoms with van der Waals surface area (Å²) >= 11 is 0. The lowest BCUT2D eigenvalue weighted by molar-refractivity contribution is -0.202. The number of amides is 4. The van der Waals surface area contributed by atoms with Crippen LogP contribution >= 0.6 is 0 Å². The van der Waals surface area contributed by atoms with E-state index in [2.05, 4.69) is 26.0 Å². The van der Waals surface area contributed by atoms with Crippen molar-refractivity contribution in [2.24, 2.45) is 0 Å². The van der Waals surface area contributed by atoms with Crippen LogP contribution in [0.25, 0.3) is 11.1 Å². The summed E-state index contributed by atoms with van der Waals surface area (Å²) in [4.78, 5) is 60.1. The molecule has 3 rings (SSSR count). The first kappa shape index (κ1) is 35.3. The number of unbranched alkanes of at least 4 members (excludes halogenated alkanes) is 1. The number of hydrogen-bond acceptors (Lipinski definition) is 6. The Kier molecular flexibility index (Phi) is 13.3. The number of alkyl halides is 3. The lowest BCUT2D eigenvalue weighted by Gasteiger charge is -2.19. The number of carbonyl (C=O) groups is 5. The van der Waals surface area contributed by atoms with Crippen LogP contribution in [0.15, 0.2) is 78.9 Å². The lowest BCUT2D eigenvalue weighted by Crippen LogP contribution is -2.39. The number of hydrogen-bond donors (Lipinski definition) is 4. The van der Waals surface area contributed by atoms with Crippen molar-refractivity contribution < 1.29 is 41.9 Å². The van der Waals surface area contributed by atoms with E-state index in [4.69, 9.17) is 0 Å². The molecule has 13 heteroatoms. The fourth-order valence-electron chi connectivity index (χ4n) is 4.24. The molecule has 0 radical (unpaired) electrons. The number of esters is 2. The molecule has 0 aliphatic heterocycles. The van der Waals surface area contributed by atoms with Gasteiger partial charge < -0.3 is 26.0 Å². The van der Waals surface area contributed by atoms with Crippen LogP contribution in [0.5, 0.6) is 0 Å². The highest BCUT2D eigenvalue weighted by molar-refractivity contribution is 5.89. The summed E-state index contributed by atoms with van der Waals surface area (Å²) in [5.74, 6) is -5.29. The monoisotopic (exact) mass is 640 g/mol. The van der Waals surface area contributed by atoms with Gasteiger partial charge in [0.2, 0.25) is 11.8 Å². The molecule has 0 saturated carbocycles. The third-order valence-corrected chi connectivity index (χ3v) is 6.70. The number of benzene rings is 3. The molecular formula is C33H35F3N4O6. The zero-order valence-corrected chi connectivity index (χ0v) is 25.1. The van der Waals surface area contributed by atoms with Gasteiger partial charge >= 0.3 is 24.1 Å². The lowest BCUT2D eigenvalue weighted by atomic mass is 9.99. The molecular weight excluding hydrogens is 605 g/mol. The zero-order valence-electron chi connectivity index (χ0n) is 25.1. The van der Waals surface area contributed by atoms with Crippen LogP contribution in [0.2, 0.25) is 0 Å². The van der Waals surface area contributed by atoms with Crippen molar-refractivity contribution >= 4 is 29.8 Å². The van der Waals surface area contributed by atoms with Crippen molar-refractivity contribution in [1.82, 2.24) is 21.3 Å². The summed E-state index contributed by atoms with van der Waals surface area (Å²) in [5, 5.41) is 10.4. The van der Waals surface area contributed by atoms with E-state index in [0.29, 0.717) is 31.5 Å². The van der Waals surface area contributed by atoms with Gasteiger partial charge in [0.05, 0.1) is 19.0 Å². The van der Waals surface area contributed by atoms with Gasteiger partial charge in [-0.1, -0.05) is 84.4 Å². The standard InChI is InChI=1S/C33H35F3N4O6/c1-22-10-12-23(13-11-22)20-39-32(45)37-18-6-5-9-28(41)38-21-29(42)40-27(19-30(43)46-31(44)33(34,35)36)26-16-14-25(15-17-26)24-7-3-2-4-8-24/h2-4,7-8,10-17,27H,5-6,9,18-21H2,1H3,(H,38,41)(H,40,42)(H2,37,39,45). The number of halogens is 3. The maximum absolute atomic E-state index is 12.6. The Morgan fingerprint density at radius 1 is 0.761 bits per heavy atom. The van der Waals surface area contributed by atoms with Gasteiger partial charge in [-0.05, 0) is 42.0 Å². The van der Waals surface area contributed by atoms with Gasteiger partial charge in [-0.2, -0.15) is 13.2 Å². The summed E-state index contributed by atoms with van der Waals surface area (Å²) in [5.41, 5.74) is 4.16. The number of rotatable bonds is 14. The van der Waals surface area contributed by atoms with Crippen molar-refractivity contribution in [3.8, 4) is 11.1 Å². The molecule has 244 valence electrons. The maximum Gasteiger partial charge on any atom is 0.491 e. The van der Waals surface area contributed by atoms with Crippen LogP contribution in [0.1, 0.15) is 48.4 Å². The van der Waals surface area contributed by atoms with E-state index in [0.717, 1.165) is 22.3 Å². The minimum atomic E-state index is -5.36. The number of nitrogens with one attached hydrogen (secondary N) is 4. The Hall–Kier alpha value is -5.20. The van der Waals surface area contributed by atoms with Gasteiger partial charge in [-0.3, -0.25) is 14.4 Å². The first-order valence-electron chi connectivity index (χ1n) is 14.5. The maximum atomic E-state index is 12.6. The zero-order chi connectivity index (χ0) is 33.5. The van der Waals surface area contributed by atoms with E-state index >= 15 is 0 Å². The molecule has 0 aliphatic rings. The third-order valence-electron chi connectivity index (χ3n) is 6.70. The number of aryl methyl sites for hydroxylation is 1. The summed E-state index contributed by atoms with van der Waals surface area (Å²) in [6.45, 7) is 2.23. The Bertz CT molecular complexity index is 1480. The molecule has 4 N–H and O–H groups in total. The van der Waals surface area contributed by atoms with Crippen LogP contribution in [-0.2, 0) is 30.5 Å². The van der Waals surface area contributed by atoms with Gasteiger partial charge in [0.25, 0.3) is 0 Å². The Morgan fingerprint density at radius 2 is 1.41 bits per heavy atom. The fourth-order valence-corrected chi connectivity index (χ4v) is 4.24. The molecule has 0 aromatic heterocycles. The molecule has 0 saturated heterocycles. The molecule has 0 spiro atoms. The van der Waals surface area contributed by atoms with E-state index in [9.17, 15) is 37.1 Å². The number of urea groups is 1. The van der Waals surface area contributed by atoms with Crippen molar-refractivity contribution in [3.05, 3.63) is 95.6 Å². The average Bonchev–Trinajstić information content (AvgIpc) is 3.03.